The number of hydrogen-bond acceptors (Lipinski definition) is 5. The SMILES string of the molecule is CC[C@H]1CCCCN1S(=O)(=O)c1ccc2[nH]c(=O)cc(C(=O)[O-])c2c1. The van der Waals surface area contributed by atoms with E-state index in [1.54, 1.807) is 0 Å². The van der Waals surface area contributed by atoms with Crippen molar-refractivity contribution < 1.29 is 18.3 Å². The highest BCUT2D eigenvalue weighted by Gasteiger charge is 2.32. The molecule has 1 saturated heterocycles. The van der Waals surface area contributed by atoms with Gasteiger partial charge in [-0.2, -0.15) is 4.31 Å². The average Bonchev–Trinajstić information content (AvgIpc) is 2.60. The minimum absolute atomic E-state index is 0.0231. The van der Waals surface area contributed by atoms with Gasteiger partial charge in [0.05, 0.1) is 10.9 Å². The zero-order valence-electron chi connectivity index (χ0n) is 13.8. The third-order valence-electron chi connectivity index (χ3n) is 4.69. The van der Waals surface area contributed by atoms with Crippen molar-refractivity contribution in [3.63, 3.8) is 0 Å². The number of fused-ring (bicyclic) bond motifs is 1. The van der Waals surface area contributed by atoms with Crippen molar-refractivity contribution in [2.75, 3.05) is 6.54 Å². The van der Waals surface area contributed by atoms with E-state index in [0.717, 1.165) is 31.7 Å². The van der Waals surface area contributed by atoms with E-state index >= 15 is 0 Å². The van der Waals surface area contributed by atoms with Crippen LogP contribution < -0.4 is 10.7 Å². The molecule has 0 spiro atoms. The Morgan fingerprint density at radius 1 is 1.32 bits per heavy atom. The standard InChI is InChI=1S/C17H20N2O5S/c1-2-11-5-3-4-8-19(11)25(23,24)12-6-7-15-13(9-12)14(17(21)22)10-16(20)18-15/h6-7,9-11H,2-5,8H2,1H3,(H,18,20)(H,21,22)/p-1/t11-/m0/s1. The fourth-order valence-electron chi connectivity index (χ4n) is 3.40. The lowest BCUT2D eigenvalue weighted by Crippen LogP contribution is -2.43. The Bertz CT molecular complexity index is 980. The molecule has 1 N–H and O–H groups in total. The van der Waals surface area contributed by atoms with Gasteiger partial charge in [-0.15, -0.1) is 0 Å². The second kappa shape index (κ2) is 6.61. The maximum absolute atomic E-state index is 13.0. The number of rotatable bonds is 4. The molecule has 134 valence electrons. The fourth-order valence-corrected chi connectivity index (χ4v) is 5.19. The van der Waals surface area contributed by atoms with Crippen LogP contribution >= 0.6 is 0 Å². The van der Waals surface area contributed by atoms with Crippen LogP contribution in [-0.4, -0.2) is 36.3 Å². The highest BCUT2D eigenvalue weighted by atomic mass is 32.2. The first-order valence-corrected chi connectivity index (χ1v) is 9.69. The number of piperidine rings is 1. The van der Waals surface area contributed by atoms with Gasteiger partial charge in [0.1, 0.15) is 0 Å². The monoisotopic (exact) mass is 363 g/mol. The lowest BCUT2D eigenvalue weighted by Gasteiger charge is -2.34. The smallest absolute Gasteiger partial charge is 0.249 e. The minimum Gasteiger partial charge on any atom is -0.545 e. The van der Waals surface area contributed by atoms with Gasteiger partial charge in [-0.25, -0.2) is 8.42 Å². The number of carbonyl (C=O) groups excluding carboxylic acids is 1. The van der Waals surface area contributed by atoms with E-state index in [2.05, 4.69) is 4.98 Å². The van der Waals surface area contributed by atoms with Crippen molar-refractivity contribution in [1.82, 2.24) is 9.29 Å². The molecule has 0 radical (unpaired) electrons. The summed E-state index contributed by atoms with van der Waals surface area (Å²) in [6, 6.07) is 4.97. The Kier molecular flexibility index (Phi) is 4.66. The molecular weight excluding hydrogens is 344 g/mol. The molecule has 0 aliphatic carbocycles. The molecule has 25 heavy (non-hydrogen) atoms. The van der Waals surface area contributed by atoms with Crippen molar-refractivity contribution in [3.05, 3.63) is 40.2 Å². The topological polar surface area (TPSA) is 110 Å². The first-order chi connectivity index (χ1) is 11.8. The molecule has 1 fully saturated rings. The van der Waals surface area contributed by atoms with Crippen molar-refractivity contribution >= 4 is 26.9 Å². The van der Waals surface area contributed by atoms with E-state index in [1.165, 1.54) is 22.5 Å². The number of sulfonamides is 1. The van der Waals surface area contributed by atoms with Gasteiger partial charge in [-0.05, 0) is 37.5 Å². The van der Waals surface area contributed by atoms with Gasteiger partial charge < -0.3 is 14.9 Å². The molecule has 0 amide bonds. The van der Waals surface area contributed by atoms with Crippen LogP contribution in [0.5, 0.6) is 0 Å². The van der Waals surface area contributed by atoms with Crippen LogP contribution in [0.25, 0.3) is 10.9 Å². The molecule has 7 nitrogen and oxygen atoms in total. The Labute approximate surface area is 145 Å². The number of nitrogens with one attached hydrogen (secondary N) is 1. The summed E-state index contributed by atoms with van der Waals surface area (Å²) in [5, 5.41) is 11.4. The predicted molar refractivity (Wildman–Crippen MR) is 90.7 cm³/mol. The Morgan fingerprint density at radius 3 is 2.76 bits per heavy atom. The van der Waals surface area contributed by atoms with Gasteiger partial charge in [0.25, 0.3) is 0 Å². The van der Waals surface area contributed by atoms with Gasteiger partial charge in [-0.3, -0.25) is 4.79 Å². The van der Waals surface area contributed by atoms with Gasteiger partial charge >= 0.3 is 0 Å². The second-order valence-electron chi connectivity index (χ2n) is 6.22. The van der Waals surface area contributed by atoms with Gasteiger partial charge in [0.15, 0.2) is 0 Å². The molecule has 3 rings (SSSR count). The summed E-state index contributed by atoms with van der Waals surface area (Å²) in [5.74, 6) is -1.52. The molecule has 1 aromatic carbocycles. The maximum atomic E-state index is 13.0. The van der Waals surface area contributed by atoms with Crippen LogP contribution in [0.15, 0.2) is 34.0 Å². The quantitative estimate of drug-likeness (QED) is 0.866. The summed E-state index contributed by atoms with van der Waals surface area (Å²) in [4.78, 5) is 25.4. The van der Waals surface area contributed by atoms with Crippen LogP contribution in [0.1, 0.15) is 43.0 Å². The van der Waals surface area contributed by atoms with Gasteiger partial charge in [0.2, 0.25) is 15.6 Å². The Balaban J connectivity index is 2.15. The van der Waals surface area contributed by atoms with Crippen molar-refractivity contribution in [2.45, 2.75) is 43.5 Å². The number of H-pyrrole nitrogens is 1. The zero-order chi connectivity index (χ0) is 18.2. The number of pyridine rings is 1. The summed E-state index contributed by atoms with van der Waals surface area (Å²) in [7, 11) is -3.74. The molecule has 0 unspecified atom stereocenters. The highest BCUT2D eigenvalue weighted by molar-refractivity contribution is 7.89. The van der Waals surface area contributed by atoms with E-state index in [4.69, 9.17) is 0 Å². The third kappa shape index (κ3) is 3.19. The molecule has 1 atom stereocenters. The van der Waals surface area contributed by atoms with Crippen molar-refractivity contribution in [3.8, 4) is 0 Å². The molecule has 2 heterocycles. The molecule has 1 aliphatic rings. The lowest BCUT2D eigenvalue weighted by molar-refractivity contribution is -0.254. The number of aromatic nitrogens is 1. The molecule has 1 aromatic heterocycles. The number of aromatic amines is 1. The van der Waals surface area contributed by atoms with Crippen LogP contribution in [-0.2, 0) is 10.0 Å². The van der Waals surface area contributed by atoms with Crippen molar-refractivity contribution in [2.24, 2.45) is 0 Å². The number of carboxylic acid groups (broad SMARTS) is 1. The summed E-state index contributed by atoms with van der Waals surface area (Å²) in [5.41, 5.74) is -0.637. The van der Waals surface area contributed by atoms with Crippen LogP contribution in [0.3, 0.4) is 0 Å². The number of hydrogen-bond donors (Lipinski definition) is 1. The van der Waals surface area contributed by atoms with Crippen LogP contribution in [0.2, 0.25) is 0 Å². The number of carboxylic acids is 1. The summed E-state index contributed by atoms with van der Waals surface area (Å²) < 4.78 is 27.6. The highest BCUT2D eigenvalue weighted by Crippen LogP contribution is 2.28. The predicted octanol–water partition coefficient (Wildman–Crippen LogP) is 0.845. The zero-order valence-corrected chi connectivity index (χ0v) is 14.6. The Morgan fingerprint density at radius 2 is 2.08 bits per heavy atom. The Hall–Kier alpha value is -2.19. The molecule has 8 heteroatoms. The number of nitrogens with zero attached hydrogens (tertiary/aromatic N) is 1. The number of carbonyl (C=O) groups is 1. The lowest BCUT2D eigenvalue weighted by atomic mass is 10.0. The van der Waals surface area contributed by atoms with Gasteiger partial charge in [0, 0.05) is 35.1 Å². The first kappa shape index (κ1) is 17.6. The summed E-state index contributed by atoms with van der Waals surface area (Å²) in [6.07, 6.45) is 3.35. The maximum Gasteiger partial charge on any atom is 0.249 e. The second-order valence-corrected chi connectivity index (χ2v) is 8.11. The largest absolute Gasteiger partial charge is 0.545 e. The molecule has 1 aliphatic heterocycles. The molecule has 0 bridgehead atoms. The van der Waals surface area contributed by atoms with E-state index in [9.17, 15) is 23.1 Å². The number of benzene rings is 1. The van der Waals surface area contributed by atoms with Gasteiger partial charge in [-0.1, -0.05) is 13.3 Å². The van der Waals surface area contributed by atoms with Crippen molar-refractivity contribution in [1.29, 1.82) is 0 Å². The molecule has 0 saturated carbocycles. The normalized spacial score (nSPS) is 19.2. The van der Waals surface area contributed by atoms with Crippen LogP contribution in [0.4, 0.5) is 0 Å². The average molecular weight is 363 g/mol. The van der Waals surface area contributed by atoms with E-state index < -0.39 is 21.6 Å². The number of aromatic carboxylic acids is 1. The third-order valence-corrected chi connectivity index (χ3v) is 6.63. The van der Waals surface area contributed by atoms with E-state index in [1.807, 2.05) is 6.92 Å². The van der Waals surface area contributed by atoms with E-state index in [0.29, 0.717) is 6.54 Å². The van der Waals surface area contributed by atoms with E-state index in [-0.39, 0.29) is 27.4 Å². The summed E-state index contributed by atoms with van der Waals surface area (Å²) >= 11 is 0. The molecule has 2 aromatic rings. The summed E-state index contributed by atoms with van der Waals surface area (Å²) in [6.45, 7) is 2.41. The first-order valence-electron chi connectivity index (χ1n) is 8.25. The van der Waals surface area contributed by atoms with Crippen LogP contribution in [0, 0.1) is 0 Å². The minimum atomic E-state index is -3.74. The molecular formula is C17H19N2O5S-. The fraction of sp³-hybridized carbons (Fsp3) is 0.412.